The summed E-state index contributed by atoms with van der Waals surface area (Å²) in [5.74, 6) is -0.830. The molecule has 170 valence electrons. The lowest BCUT2D eigenvalue weighted by molar-refractivity contribution is -0.140. The van der Waals surface area contributed by atoms with E-state index in [0.717, 1.165) is 12.1 Å². The molecule has 0 unspecified atom stereocenters. The Morgan fingerprint density at radius 1 is 0.969 bits per heavy atom. The second-order valence-corrected chi connectivity index (χ2v) is 6.79. The summed E-state index contributed by atoms with van der Waals surface area (Å²) in [6, 6.07) is 9.19. The summed E-state index contributed by atoms with van der Waals surface area (Å²) < 4.78 is 58.8. The Hall–Kier alpha value is -3.53. The molecule has 0 fully saturated rings. The minimum atomic E-state index is -4.43. The van der Waals surface area contributed by atoms with Gasteiger partial charge >= 0.3 is 18.1 Å². The Balaban J connectivity index is 1.89. The maximum atomic E-state index is 12.7. The molecule has 2 aromatic rings. The van der Waals surface area contributed by atoms with Gasteiger partial charge in [0, 0.05) is 5.69 Å². The zero-order valence-electron chi connectivity index (χ0n) is 17.5. The number of methoxy groups -OCH3 is 2. The number of esters is 2. The Morgan fingerprint density at radius 3 is 2.16 bits per heavy atom. The average molecular weight is 451 g/mol. The standard InChI is InChI=1S/C22H20F3NO6/c1-13-10-16(32-15-6-4-14(5-7-15)22(23,24)25)8-9-18(13)26-12-31-11-17(20(27)29-2)19(26)21(28)30-3/h4-10H,11-12H2,1-3H3. The Bertz CT molecular complexity index is 1050. The fraction of sp³-hybridized carbons (Fsp3) is 0.273. The molecule has 0 saturated heterocycles. The van der Waals surface area contributed by atoms with E-state index in [-0.39, 0.29) is 30.4 Å². The molecule has 1 heterocycles. The number of carbonyl (C=O) groups excluding carboxylic acids is 2. The molecular formula is C22H20F3NO6. The third-order valence-corrected chi connectivity index (χ3v) is 4.71. The van der Waals surface area contributed by atoms with E-state index in [9.17, 15) is 22.8 Å². The quantitative estimate of drug-likeness (QED) is 0.631. The third kappa shape index (κ3) is 4.86. The van der Waals surface area contributed by atoms with Crippen molar-refractivity contribution in [2.75, 3.05) is 32.5 Å². The Kier molecular flexibility index (Phi) is 6.73. The highest BCUT2D eigenvalue weighted by Crippen LogP contribution is 2.34. The van der Waals surface area contributed by atoms with Crippen LogP contribution in [0.4, 0.5) is 18.9 Å². The predicted molar refractivity (Wildman–Crippen MR) is 107 cm³/mol. The first-order chi connectivity index (χ1) is 15.2. The summed E-state index contributed by atoms with van der Waals surface area (Å²) in [4.78, 5) is 26.0. The molecule has 0 atom stereocenters. The van der Waals surface area contributed by atoms with Crippen LogP contribution < -0.4 is 9.64 Å². The topological polar surface area (TPSA) is 74.3 Å². The van der Waals surface area contributed by atoms with Gasteiger partial charge in [0.2, 0.25) is 0 Å². The normalized spacial score (nSPS) is 14.2. The predicted octanol–water partition coefficient (Wildman–Crippen LogP) is 4.20. The second-order valence-electron chi connectivity index (χ2n) is 6.79. The first kappa shape index (κ1) is 23.1. The largest absolute Gasteiger partial charge is 0.466 e. The number of benzene rings is 2. The van der Waals surface area contributed by atoms with Crippen molar-refractivity contribution in [2.45, 2.75) is 13.1 Å². The van der Waals surface area contributed by atoms with Gasteiger partial charge in [-0.15, -0.1) is 0 Å². The summed E-state index contributed by atoms with van der Waals surface area (Å²) in [6.07, 6.45) is -4.43. The molecule has 1 aliphatic rings. The molecule has 32 heavy (non-hydrogen) atoms. The minimum Gasteiger partial charge on any atom is -0.466 e. The first-order valence-corrected chi connectivity index (χ1v) is 9.36. The van der Waals surface area contributed by atoms with Gasteiger partial charge in [0.25, 0.3) is 0 Å². The van der Waals surface area contributed by atoms with Gasteiger partial charge in [0.15, 0.2) is 0 Å². The van der Waals surface area contributed by atoms with Crippen LogP contribution in [0.25, 0.3) is 0 Å². The summed E-state index contributed by atoms with van der Waals surface area (Å²) in [5, 5.41) is 0. The summed E-state index contributed by atoms with van der Waals surface area (Å²) in [6.45, 7) is 1.63. The van der Waals surface area contributed by atoms with Gasteiger partial charge in [0.05, 0.1) is 32.0 Å². The van der Waals surface area contributed by atoms with Gasteiger partial charge in [-0.05, 0) is 55.0 Å². The summed E-state index contributed by atoms with van der Waals surface area (Å²) in [5.41, 5.74) is 0.460. The molecule has 0 aromatic heterocycles. The molecular weight excluding hydrogens is 431 g/mol. The number of anilines is 1. The van der Waals surface area contributed by atoms with Crippen molar-refractivity contribution in [3.05, 3.63) is 64.9 Å². The molecule has 1 aliphatic heterocycles. The third-order valence-electron chi connectivity index (χ3n) is 4.71. The van der Waals surface area contributed by atoms with E-state index < -0.39 is 23.7 Å². The first-order valence-electron chi connectivity index (χ1n) is 9.36. The van der Waals surface area contributed by atoms with E-state index in [4.69, 9.17) is 18.9 Å². The van der Waals surface area contributed by atoms with Crippen LogP contribution in [-0.4, -0.2) is 39.5 Å². The van der Waals surface area contributed by atoms with Gasteiger partial charge in [-0.25, -0.2) is 9.59 Å². The zero-order valence-corrected chi connectivity index (χ0v) is 17.5. The summed E-state index contributed by atoms with van der Waals surface area (Å²) in [7, 11) is 2.40. The van der Waals surface area contributed by atoms with E-state index in [2.05, 4.69) is 0 Å². The van der Waals surface area contributed by atoms with Crippen molar-refractivity contribution in [3.8, 4) is 11.5 Å². The van der Waals surface area contributed by atoms with E-state index in [1.165, 1.54) is 31.3 Å². The van der Waals surface area contributed by atoms with Crippen molar-refractivity contribution in [1.82, 2.24) is 0 Å². The molecule has 3 rings (SSSR count). The van der Waals surface area contributed by atoms with Crippen LogP contribution in [0.15, 0.2) is 53.7 Å². The van der Waals surface area contributed by atoms with Crippen molar-refractivity contribution in [1.29, 1.82) is 0 Å². The van der Waals surface area contributed by atoms with Crippen molar-refractivity contribution >= 4 is 17.6 Å². The van der Waals surface area contributed by atoms with Gasteiger partial charge < -0.3 is 23.8 Å². The van der Waals surface area contributed by atoms with Crippen LogP contribution in [0.1, 0.15) is 11.1 Å². The molecule has 0 radical (unpaired) electrons. The van der Waals surface area contributed by atoms with Gasteiger partial charge in [0.1, 0.15) is 23.9 Å². The highest BCUT2D eigenvalue weighted by atomic mass is 19.4. The van der Waals surface area contributed by atoms with Crippen LogP contribution in [0, 0.1) is 6.92 Å². The number of hydrogen-bond donors (Lipinski definition) is 0. The smallest absolute Gasteiger partial charge is 0.416 e. The second kappa shape index (κ2) is 9.31. The average Bonchev–Trinajstić information content (AvgIpc) is 2.77. The van der Waals surface area contributed by atoms with Gasteiger partial charge in [-0.3, -0.25) is 0 Å². The molecule has 0 saturated carbocycles. The van der Waals surface area contributed by atoms with Crippen LogP contribution in [0.2, 0.25) is 0 Å². The van der Waals surface area contributed by atoms with Crippen molar-refractivity contribution in [2.24, 2.45) is 0 Å². The van der Waals surface area contributed by atoms with Gasteiger partial charge in [-0.2, -0.15) is 13.2 Å². The molecule has 2 aromatic carbocycles. The molecule has 0 amide bonds. The number of nitrogens with zero attached hydrogens (tertiary/aromatic N) is 1. The van der Waals surface area contributed by atoms with Crippen molar-refractivity contribution in [3.63, 3.8) is 0 Å². The van der Waals surface area contributed by atoms with Gasteiger partial charge in [-0.1, -0.05) is 0 Å². The van der Waals surface area contributed by atoms with Crippen LogP contribution in [0.3, 0.4) is 0 Å². The maximum Gasteiger partial charge on any atom is 0.416 e. The molecule has 10 heteroatoms. The lowest BCUT2D eigenvalue weighted by Gasteiger charge is -2.32. The fourth-order valence-corrected chi connectivity index (χ4v) is 3.18. The molecule has 0 aliphatic carbocycles. The lowest BCUT2D eigenvalue weighted by Crippen LogP contribution is -2.39. The van der Waals surface area contributed by atoms with E-state index in [0.29, 0.717) is 17.0 Å². The van der Waals surface area contributed by atoms with Crippen molar-refractivity contribution < 1.29 is 41.7 Å². The Morgan fingerprint density at radius 2 is 1.59 bits per heavy atom. The summed E-state index contributed by atoms with van der Waals surface area (Å²) >= 11 is 0. The van der Waals surface area contributed by atoms with E-state index in [1.807, 2.05) is 0 Å². The van der Waals surface area contributed by atoms with Crippen LogP contribution >= 0.6 is 0 Å². The molecule has 0 N–H and O–H groups in total. The van der Waals surface area contributed by atoms with Crippen LogP contribution in [0.5, 0.6) is 11.5 Å². The molecule has 0 bridgehead atoms. The molecule has 0 spiro atoms. The van der Waals surface area contributed by atoms with E-state index >= 15 is 0 Å². The molecule has 7 nitrogen and oxygen atoms in total. The fourth-order valence-electron chi connectivity index (χ4n) is 3.18. The minimum absolute atomic E-state index is 0.00473. The number of rotatable bonds is 5. The number of ether oxygens (including phenoxy) is 4. The number of aryl methyl sites for hydroxylation is 1. The monoisotopic (exact) mass is 451 g/mol. The lowest BCUT2D eigenvalue weighted by atomic mass is 10.1. The SMILES string of the molecule is COC(=O)C1=C(C(=O)OC)N(c2ccc(Oc3ccc(C(F)(F)F)cc3)cc2C)COC1. The number of carbonyl (C=O) groups is 2. The highest BCUT2D eigenvalue weighted by Gasteiger charge is 2.33. The van der Waals surface area contributed by atoms with E-state index in [1.54, 1.807) is 25.1 Å². The Labute approximate surface area is 181 Å². The number of alkyl halides is 3. The maximum absolute atomic E-state index is 12.7. The van der Waals surface area contributed by atoms with Crippen LogP contribution in [-0.2, 0) is 30.0 Å². The zero-order chi connectivity index (χ0) is 23.5. The highest BCUT2D eigenvalue weighted by molar-refractivity contribution is 6.03. The number of halogens is 3. The number of hydrogen-bond acceptors (Lipinski definition) is 7.